The topological polar surface area (TPSA) is 84.3 Å². The van der Waals surface area contributed by atoms with Crippen LogP contribution in [-0.2, 0) is 6.54 Å². The first-order valence-corrected chi connectivity index (χ1v) is 8.49. The van der Waals surface area contributed by atoms with E-state index in [0.717, 1.165) is 34.8 Å². The predicted molar refractivity (Wildman–Crippen MR) is 100.0 cm³/mol. The van der Waals surface area contributed by atoms with E-state index < -0.39 is 11.6 Å². The molecule has 0 saturated carbocycles. The SMILES string of the molecule is Fc1ccc(F)c(CNc2ncc3ncn(-c4ccc5cn[nH]c5c4)c3n2)c1. The minimum atomic E-state index is -0.498. The Morgan fingerprint density at radius 2 is 1.96 bits per heavy atom. The van der Waals surface area contributed by atoms with E-state index in [1.807, 2.05) is 22.8 Å². The molecular formula is C19H13F2N7. The minimum Gasteiger partial charge on any atom is -0.350 e. The first-order chi connectivity index (χ1) is 13.7. The van der Waals surface area contributed by atoms with Crippen LogP contribution in [-0.4, -0.2) is 29.7 Å². The van der Waals surface area contributed by atoms with Crippen LogP contribution in [0.1, 0.15) is 5.56 Å². The quantitative estimate of drug-likeness (QED) is 0.500. The molecule has 2 aromatic carbocycles. The lowest BCUT2D eigenvalue weighted by atomic mass is 10.2. The summed E-state index contributed by atoms with van der Waals surface area (Å²) in [6, 6.07) is 9.16. The summed E-state index contributed by atoms with van der Waals surface area (Å²) in [5.74, 6) is -0.699. The average molecular weight is 377 g/mol. The molecule has 5 rings (SSSR count). The molecule has 0 aliphatic heterocycles. The molecule has 0 bridgehead atoms. The maximum atomic E-state index is 13.8. The Hall–Kier alpha value is -3.88. The van der Waals surface area contributed by atoms with Crippen LogP contribution in [0.3, 0.4) is 0 Å². The zero-order valence-electron chi connectivity index (χ0n) is 14.4. The molecule has 0 aliphatic carbocycles. The lowest BCUT2D eigenvalue weighted by Gasteiger charge is -2.07. The zero-order chi connectivity index (χ0) is 19.1. The number of hydrogen-bond donors (Lipinski definition) is 2. The molecule has 28 heavy (non-hydrogen) atoms. The van der Waals surface area contributed by atoms with Crippen molar-refractivity contribution in [3.63, 3.8) is 0 Å². The highest BCUT2D eigenvalue weighted by atomic mass is 19.1. The molecule has 0 radical (unpaired) electrons. The summed E-state index contributed by atoms with van der Waals surface area (Å²) in [4.78, 5) is 13.0. The number of halogens is 2. The first-order valence-electron chi connectivity index (χ1n) is 8.49. The smallest absolute Gasteiger partial charge is 0.225 e. The Morgan fingerprint density at radius 3 is 2.89 bits per heavy atom. The highest BCUT2D eigenvalue weighted by Gasteiger charge is 2.10. The summed E-state index contributed by atoms with van der Waals surface area (Å²) in [5.41, 5.74) is 3.17. The van der Waals surface area contributed by atoms with Crippen LogP contribution in [0.15, 0.2) is 55.1 Å². The Morgan fingerprint density at radius 1 is 1.04 bits per heavy atom. The molecule has 9 heteroatoms. The maximum Gasteiger partial charge on any atom is 0.225 e. The van der Waals surface area contributed by atoms with Crippen LogP contribution in [0.2, 0.25) is 0 Å². The first kappa shape index (κ1) is 16.3. The lowest BCUT2D eigenvalue weighted by Crippen LogP contribution is -2.06. The summed E-state index contributed by atoms with van der Waals surface area (Å²) in [7, 11) is 0. The van der Waals surface area contributed by atoms with Gasteiger partial charge in [0.15, 0.2) is 5.65 Å². The van der Waals surface area contributed by atoms with Crippen molar-refractivity contribution in [3.8, 4) is 5.69 Å². The van der Waals surface area contributed by atoms with E-state index in [4.69, 9.17) is 0 Å². The third kappa shape index (κ3) is 2.82. The number of anilines is 1. The molecule has 0 amide bonds. The van der Waals surface area contributed by atoms with E-state index >= 15 is 0 Å². The van der Waals surface area contributed by atoms with Crippen LogP contribution < -0.4 is 5.32 Å². The van der Waals surface area contributed by atoms with Gasteiger partial charge >= 0.3 is 0 Å². The molecule has 138 valence electrons. The van der Waals surface area contributed by atoms with Crippen LogP contribution >= 0.6 is 0 Å². The second-order valence-electron chi connectivity index (χ2n) is 6.25. The Kier molecular flexibility index (Phi) is 3.71. The Bertz CT molecular complexity index is 1310. The fourth-order valence-corrected chi connectivity index (χ4v) is 3.01. The normalized spacial score (nSPS) is 11.4. The maximum absolute atomic E-state index is 13.8. The molecule has 0 fully saturated rings. The molecule has 0 spiro atoms. The van der Waals surface area contributed by atoms with E-state index in [1.54, 1.807) is 18.7 Å². The molecule has 3 heterocycles. The molecular weight excluding hydrogens is 364 g/mol. The zero-order valence-corrected chi connectivity index (χ0v) is 14.4. The van der Waals surface area contributed by atoms with Crippen molar-refractivity contribution in [2.75, 3.05) is 5.32 Å². The predicted octanol–water partition coefficient (Wildman–Crippen LogP) is 3.58. The Labute approximate surface area is 157 Å². The van der Waals surface area contributed by atoms with Crippen LogP contribution in [0.5, 0.6) is 0 Å². The van der Waals surface area contributed by atoms with E-state index in [-0.39, 0.29) is 12.1 Å². The van der Waals surface area contributed by atoms with Crippen molar-refractivity contribution in [2.24, 2.45) is 0 Å². The number of aromatic nitrogens is 6. The van der Waals surface area contributed by atoms with E-state index in [2.05, 4.69) is 30.5 Å². The van der Waals surface area contributed by atoms with Crippen molar-refractivity contribution in [1.82, 2.24) is 29.7 Å². The van der Waals surface area contributed by atoms with Crippen molar-refractivity contribution in [3.05, 3.63) is 72.3 Å². The highest BCUT2D eigenvalue weighted by molar-refractivity contribution is 5.81. The van der Waals surface area contributed by atoms with E-state index in [9.17, 15) is 8.78 Å². The molecule has 0 saturated heterocycles. The van der Waals surface area contributed by atoms with Crippen molar-refractivity contribution in [1.29, 1.82) is 0 Å². The molecule has 0 aliphatic rings. The molecule has 0 atom stereocenters. The molecule has 2 N–H and O–H groups in total. The summed E-state index contributed by atoms with van der Waals surface area (Å²) >= 11 is 0. The Balaban J connectivity index is 1.48. The van der Waals surface area contributed by atoms with E-state index in [1.165, 1.54) is 0 Å². The van der Waals surface area contributed by atoms with Gasteiger partial charge in [-0.05, 0) is 36.4 Å². The number of hydrogen-bond acceptors (Lipinski definition) is 5. The summed E-state index contributed by atoms with van der Waals surface area (Å²) < 4.78 is 28.9. The van der Waals surface area contributed by atoms with Gasteiger partial charge in [0.25, 0.3) is 0 Å². The number of H-pyrrole nitrogens is 1. The van der Waals surface area contributed by atoms with Crippen molar-refractivity contribution in [2.45, 2.75) is 6.54 Å². The van der Waals surface area contributed by atoms with Crippen molar-refractivity contribution >= 4 is 28.0 Å². The van der Waals surface area contributed by atoms with Crippen LogP contribution in [0, 0.1) is 11.6 Å². The number of rotatable bonds is 4. The second kappa shape index (κ2) is 6.38. The summed E-state index contributed by atoms with van der Waals surface area (Å²) in [5, 5.41) is 10.9. The molecule has 0 unspecified atom stereocenters. The minimum absolute atomic E-state index is 0.0589. The lowest BCUT2D eigenvalue weighted by molar-refractivity contribution is 0.587. The number of benzene rings is 2. The molecule has 7 nitrogen and oxygen atoms in total. The third-order valence-corrected chi connectivity index (χ3v) is 4.44. The fourth-order valence-electron chi connectivity index (χ4n) is 3.01. The van der Waals surface area contributed by atoms with Gasteiger partial charge in [0.2, 0.25) is 5.95 Å². The third-order valence-electron chi connectivity index (χ3n) is 4.44. The average Bonchev–Trinajstić information content (AvgIpc) is 3.34. The molecule has 5 aromatic rings. The second-order valence-corrected chi connectivity index (χ2v) is 6.25. The number of aromatic amines is 1. The van der Waals surface area contributed by atoms with Gasteiger partial charge < -0.3 is 5.32 Å². The van der Waals surface area contributed by atoms with Gasteiger partial charge in [-0.2, -0.15) is 10.1 Å². The van der Waals surface area contributed by atoms with Gasteiger partial charge in [-0.15, -0.1) is 0 Å². The van der Waals surface area contributed by atoms with Gasteiger partial charge in [-0.1, -0.05) is 0 Å². The fraction of sp³-hybridized carbons (Fsp3) is 0.0526. The largest absolute Gasteiger partial charge is 0.350 e. The van der Waals surface area contributed by atoms with E-state index in [0.29, 0.717) is 17.1 Å². The van der Waals surface area contributed by atoms with Crippen molar-refractivity contribution < 1.29 is 8.78 Å². The number of imidazole rings is 1. The van der Waals surface area contributed by atoms with Crippen LogP contribution in [0.25, 0.3) is 27.8 Å². The summed E-state index contributed by atoms with van der Waals surface area (Å²) in [6.45, 7) is 0.0589. The molecule has 3 aromatic heterocycles. The van der Waals surface area contributed by atoms with Crippen LogP contribution in [0.4, 0.5) is 14.7 Å². The standard InChI is InChI=1S/C19H13F2N7/c20-13-2-4-15(21)12(5-13)7-22-19-23-9-17-18(26-19)28(10-24-17)14-3-1-11-8-25-27-16(11)6-14/h1-6,8-10H,7H2,(H,25,27)(H,22,23,26). The van der Waals surface area contributed by atoms with Gasteiger partial charge in [-0.25, -0.2) is 18.7 Å². The highest BCUT2D eigenvalue weighted by Crippen LogP contribution is 2.21. The van der Waals surface area contributed by atoms with Gasteiger partial charge in [0.05, 0.1) is 23.6 Å². The van der Waals surface area contributed by atoms with Gasteiger partial charge in [-0.3, -0.25) is 9.67 Å². The number of nitrogens with zero attached hydrogens (tertiary/aromatic N) is 5. The number of nitrogens with one attached hydrogen (secondary N) is 2. The van der Waals surface area contributed by atoms with Gasteiger partial charge in [0, 0.05) is 17.5 Å². The number of fused-ring (bicyclic) bond motifs is 2. The monoisotopic (exact) mass is 377 g/mol. The van der Waals surface area contributed by atoms with Gasteiger partial charge in [0.1, 0.15) is 23.5 Å². The summed E-state index contributed by atoms with van der Waals surface area (Å²) in [6.07, 6.45) is 4.99.